The molecule has 1 atom stereocenters. The number of nitrogens with zero attached hydrogens (tertiary/aromatic N) is 7. The van der Waals surface area contributed by atoms with Gasteiger partial charge >= 0.3 is 0 Å². The number of anilines is 3. The van der Waals surface area contributed by atoms with Crippen LogP contribution in [0.15, 0.2) is 42.9 Å². The van der Waals surface area contributed by atoms with Crippen molar-refractivity contribution in [3.05, 3.63) is 48.4 Å². The highest BCUT2D eigenvalue weighted by molar-refractivity contribution is 7.89. The van der Waals surface area contributed by atoms with Crippen LogP contribution in [0.2, 0.25) is 0 Å². The Labute approximate surface area is 242 Å². The third kappa shape index (κ3) is 7.04. The van der Waals surface area contributed by atoms with Crippen LogP contribution < -0.4 is 10.2 Å². The fourth-order valence-corrected chi connectivity index (χ4v) is 6.67. The minimum atomic E-state index is -3.16. The number of sulfonamides is 1. The minimum absolute atomic E-state index is 0.0854. The van der Waals surface area contributed by atoms with E-state index in [1.807, 2.05) is 29.9 Å². The van der Waals surface area contributed by atoms with Gasteiger partial charge < -0.3 is 15.0 Å². The number of hydrogen-bond donors (Lipinski definition) is 1. The van der Waals surface area contributed by atoms with Gasteiger partial charge in [-0.05, 0) is 68.9 Å². The number of ether oxygens (including phenoxy) is 1. The molecule has 2 fully saturated rings. The van der Waals surface area contributed by atoms with Gasteiger partial charge in [0.25, 0.3) is 0 Å². The summed E-state index contributed by atoms with van der Waals surface area (Å²) < 4.78 is 33.4. The zero-order valence-electron chi connectivity index (χ0n) is 23.7. The number of morpholine rings is 1. The van der Waals surface area contributed by atoms with Crippen molar-refractivity contribution in [1.29, 1.82) is 5.26 Å². The Morgan fingerprint density at radius 2 is 1.85 bits per heavy atom. The molecule has 4 heterocycles. The van der Waals surface area contributed by atoms with E-state index < -0.39 is 10.0 Å². The van der Waals surface area contributed by atoms with Crippen molar-refractivity contribution < 1.29 is 13.2 Å². The molecular weight excluding hydrogens is 540 g/mol. The van der Waals surface area contributed by atoms with E-state index in [4.69, 9.17) is 9.72 Å². The third-order valence-corrected chi connectivity index (χ3v) is 9.87. The van der Waals surface area contributed by atoms with Crippen LogP contribution in [0.3, 0.4) is 0 Å². The second-order valence-electron chi connectivity index (χ2n) is 10.7. The predicted octanol–water partition coefficient (Wildman–Crippen LogP) is 4.14. The zero-order valence-corrected chi connectivity index (χ0v) is 24.6. The van der Waals surface area contributed by atoms with E-state index in [-0.39, 0.29) is 11.8 Å². The topological polar surface area (TPSA) is 129 Å². The predicted molar refractivity (Wildman–Crippen MR) is 158 cm³/mol. The van der Waals surface area contributed by atoms with E-state index in [0.29, 0.717) is 31.4 Å². The second-order valence-corrected chi connectivity index (χ2v) is 13.0. The summed E-state index contributed by atoms with van der Waals surface area (Å²) in [6, 6.07) is 10.5. The number of nitriles is 1. The summed E-state index contributed by atoms with van der Waals surface area (Å²) in [7, 11) is -3.16. The molecular formula is C29H38N8O3S. The molecule has 2 aromatic heterocycles. The van der Waals surface area contributed by atoms with Crippen molar-refractivity contribution in [2.75, 3.05) is 55.4 Å². The molecule has 11 nitrogen and oxygen atoms in total. The molecule has 2 aliphatic rings. The number of piperidine rings is 1. The van der Waals surface area contributed by atoms with Crippen LogP contribution in [0.4, 0.5) is 17.3 Å². The van der Waals surface area contributed by atoms with E-state index in [1.54, 1.807) is 23.6 Å². The molecule has 1 aromatic carbocycles. The fourth-order valence-electron chi connectivity index (χ4n) is 5.54. The van der Waals surface area contributed by atoms with Gasteiger partial charge in [0.05, 0.1) is 49.4 Å². The van der Waals surface area contributed by atoms with Crippen molar-refractivity contribution >= 4 is 27.3 Å². The molecule has 12 heteroatoms. The van der Waals surface area contributed by atoms with Gasteiger partial charge in [-0.25, -0.2) is 22.7 Å². The van der Waals surface area contributed by atoms with Gasteiger partial charge in [-0.2, -0.15) is 10.4 Å². The molecule has 0 amide bonds. The monoisotopic (exact) mass is 578 g/mol. The van der Waals surface area contributed by atoms with Crippen LogP contribution in [-0.4, -0.2) is 77.6 Å². The Hall–Kier alpha value is -3.53. The third-order valence-electron chi connectivity index (χ3n) is 7.98. The molecule has 2 aliphatic heterocycles. The lowest BCUT2D eigenvalue weighted by molar-refractivity contribution is 0.122. The standard InChI is InChI=1S/C29H38N8O3S/c1-3-41(38,39)36-12-9-23(10-13-36)18-27(8-11-30)37-21-24(20-32-37)28-22(2)19-31-29(34-28)33-25-4-6-26(7-5-25)35-14-16-40-17-15-35/h4-7,19-21,23,27H,3,8-10,12-18H2,1-2H3,(H,31,33,34). The molecule has 0 spiro atoms. The van der Waals surface area contributed by atoms with E-state index in [0.717, 1.165) is 68.1 Å². The normalized spacial score (nSPS) is 17.7. The summed E-state index contributed by atoms with van der Waals surface area (Å²) in [5, 5.41) is 17.5. The number of aromatic nitrogens is 4. The molecule has 2 saturated heterocycles. The van der Waals surface area contributed by atoms with Crippen LogP contribution in [0, 0.1) is 24.2 Å². The largest absolute Gasteiger partial charge is 0.378 e. The van der Waals surface area contributed by atoms with Crippen molar-refractivity contribution in [2.24, 2.45) is 5.92 Å². The Morgan fingerprint density at radius 1 is 1.12 bits per heavy atom. The van der Waals surface area contributed by atoms with Gasteiger partial charge in [0.2, 0.25) is 16.0 Å². The van der Waals surface area contributed by atoms with Crippen LogP contribution >= 0.6 is 0 Å². The van der Waals surface area contributed by atoms with Gasteiger partial charge in [0.1, 0.15) is 0 Å². The van der Waals surface area contributed by atoms with Crippen molar-refractivity contribution in [1.82, 2.24) is 24.1 Å². The Balaban J connectivity index is 1.25. The SMILES string of the molecule is CCS(=O)(=O)N1CCC(CC(CC#N)n2cc(-c3nc(Nc4ccc(N5CCOCC5)cc4)ncc3C)cn2)CC1. The first-order chi connectivity index (χ1) is 19.9. The summed E-state index contributed by atoms with van der Waals surface area (Å²) in [4.78, 5) is 11.6. The quantitative estimate of drug-likeness (QED) is 0.377. The van der Waals surface area contributed by atoms with Gasteiger partial charge in [0.15, 0.2) is 0 Å². The molecule has 5 rings (SSSR count). The summed E-state index contributed by atoms with van der Waals surface area (Å²) >= 11 is 0. The fraction of sp³-hybridized carbons (Fsp3) is 0.517. The highest BCUT2D eigenvalue weighted by atomic mass is 32.2. The van der Waals surface area contributed by atoms with Crippen LogP contribution in [0.25, 0.3) is 11.3 Å². The summed E-state index contributed by atoms with van der Waals surface area (Å²) in [5.74, 6) is 0.974. The highest BCUT2D eigenvalue weighted by Gasteiger charge is 2.29. The van der Waals surface area contributed by atoms with E-state index >= 15 is 0 Å². The van der Waals surface area contributed by atoms with Gasteiger partial charge in [-0.3, -0.25) is 4.68 Å². The van der Waals surface area contributed by atoms with Gasteiger partial charge in [-0.15, -0.1) is 0 Å². The molecule has 1 N–H and O–H groups in total. The summed E-state index contributed by atoms with van der Waals surface area (Å²) in [5.41, 5.74) is 4.65. The number of aryl methyl sites for hydroxylation is 1. The molecule has 0 aliphatic carbocycles. The highest BCUT2D eigenvalue weighted by Crippen LogP contribution is 2.31. The second kappa shape index (κ2) is 13.0. The number of rotatable bonds is 10. The number of hydrogen-bond acceptors (Lipinski definition) is 9. The van der Waals surface area contributed by atoms with Crippen molar-refractivity contribution in [3.8, 4) is 17.3 Å². The molecule has 218 valence electrons. The van der Waals surface area contributed by atoms with E-state index in [2.05, 4.69) is 38.5 Å². The van der Waals surface area contributed by atoms with Crippen molar-refractivity contribution in [2.45, 2.75) is 45.6 Å². The van der Waals surface area contributed by atoms with Gasteiger partial charge in [0, 0.05) is 55.5 Å². The summed E-state index contributed by atoms with van der Waals surface area (Å²) in [6.07, 6.45) is 8.25. The molecule has 0 bridgehead atoms. The minimum Gasteiger partial charge on any atom is -0.378 e. The van der Waals surface area contributed by atoms with E-state index in [1.165, 1.54) is 5.69 Å². The Kier molecular flexibility index (Phi) is 9.17. The van der Waals surface area contributed by atoms with Gasteiger partial charge in [-0.1, -0.05) is 0 Å². The number of benzene rings is 1. The smallest absolute Gasteiger partial charge is 0.227 e. The average molecular weight is 579 g/mol. The van der Waals surface area contributed by atoms with Crippen LogP contribution in [-0.2, 0) is 14.8 Å². The molecule has 3 aromatic rings. The van der Waals surface area contributed by atoms with E-state index in [9.17, 15) is 13.7 Å². The first kappa shape index (κ1) is 29.0. The maximum atomic E-state index is 12.2. The maximum absolute atomic E-state index is 12.2. The average Bonchev–Trinajstić information content (AvgIpc) is 3.49. The summed E-state index contributed by atoms with van der Waals surface area (Å²) in [6.45, 7) is 8.01. The lowest BCUT2D eigenvalue weighted by Crippen LogP contribution is -2.39. The molecule has 1 unspecified atom stereocenters. The van der Waals surface area contributed by atoms with Crippen molar-refractivity contribution in [3.63, 3.8) is 0 Å². The number of nitrogens with one attached hydrogen (secondary N) is 1. The van der Waals surface area contributed by atoms with Crippen LogP contribution in [0.5, 0.6) is 0 Å². The first-order valence-corrected chi connectivity index (χ1v) is 15.9. The Bertz CT molecular complexity index is 1450. The van der Waals surface area contributed by atoms with Crippen LogP contribution in [0.1, 0.15) is 44.2 Å². The maximum Gasteiger partial charge on any atom is 0.227 e. The lowest BCUT2D eigenvalue weighted by Gasteiger charge is -2.32. The molecule has 0 saturated carbocycles. The zero-order chi connectivity index (χ0) is 28.8. The lowest BCUT2D eigenvalue weighted by atomic mass is 9.90. The molecule has 41 heavy (non-hydrogen) atoms. The molecule has 0 radical (unpaired) electrons. The first-order valence-electron chi connectivity index (χ1n) is 14.3. The Morgan fingerprint density at radius 3 is 2.54 bits per heavy atom.